The summed E-state index contributed by atoms with van der Waals surface area (Å²) in [5, 5.41) is 2.82. The van der Waals surface area contributed by atoms with Crippen LogP contribution in [-0.2, 0) is 9.59 Å². The number of carbonyl (C=O) groups excluding carboxylic acids is 2. The molecule has 2 fully saturated rings. The van der Waals surface area contributed by atoms with Gasteiger partial charge in [-0.1, -0.05) is 48.0 Å². The molecule has 138 valence electrons. The van der Waals surface area contributed by atoms with E-state index in [2.05, 4.69) is 23.5 Å². The lowest BCUT2D eigenvalue weighted by Crippen LogP contribution is -2.64. The molecule has 0 spiro atoms. The van der Waals surface area contributed by atoms with Crippen LogP contribution in [0.2, 0.25) is 0 Å². The Hall–Kier alpha value is -2.82. The minimum atomic E-state index is -0.930. The maximum absolute atomic E-state index is 13.1. The first kappa shape index (κ1) is 16.4. The molecular weight excluding hydrogens is 340 g/mol. The van der Waals surface area contributed by atoms with Gasteiger partial charge in [0.25, 0.3) is 0 Å². The van der Waals surface area contributed by atoms with E-state index in [4.69, 9.17) is 4.74 Å². The topological polar surface area (TPSA) is 58.6 Å². The number of rotatable bonds is 1. The number of ether oxygens (including phenoxy) is 1. The van der Waals surface area contributed by atoms with E-state index in [1.54, 1.807) is 0 Å². The number of piperazine rings is 1. The Morgan fingerprint density at radius 2 is 1.93 bits per heavy atom. The molecule has 3 aliphatic heterocycles. The van der Waals surface area contributed by atoms with Crippen molar-refractivity contribution >= 4 is 11.8 Å². The number of aryl methyl sites for hydroxylation is 1. The van der Waals surface area contributed by atoms with Crippen LogP contribution in [0.5, 0.6) is 5.75 Å². The van der Waals surface area contributed by atoms with Crippen molar-refractivity contribution in [2.75, 3.05) is 13.2 Å². The summed E-state index contributed by atoms with van der Waals surface area (Å²) >= 11 is 0. The summed E-state index contributed by atoms with van der Waals surface area (Å²) in [5.41, 5.74) is 2.28. The maximum Gasteiger partial charge on any atom is 0.246 e. The van der Waals surface area contributed by atoms with Crippen molar-refractivity contribution in [1.29, 1.82) is 0 Å². The standard InChI is InChI=1S/C22H22N2O3/c1-13-8-9-17-15(10-13)20-16(12-27-17)19(14-6-4-3-5-7-14)22(2)21(26)23-11-18(25)24(20)22/h3-10,16,19-20H,11-12H2,1-2H3,(H,23,26)/t16-,19+,20+,22-/m1/s1. The highest BCUT2D eigenvalue weighted by Gasteiger charge is 2.65. The molecule has 5 heteroatoms. The third-order valence-corrected chi connectivity index (χ3v) is 6.42. The van der Waals surface area contributed by atoms with Crippen molar-refractivity contribution in [3.8, 4) is 5.75 Å². The molecule has 5 rings (SSSR count). The van der Waals surface area contributed by atoms with E-state index in [0.29, 0.717) is 6.61 Å². The molecule has 27 heavy (non-hydrogen) atoms. The number of fused-ring (bicyclic) bond motifs is 5. The molecule has 0 unspecified atom stereocenters. The number of benzene rings is 2. The molecule has 0 bridgehead atoms. The lowest BCUT2D eigenvalue weighted by Gasteiger charge is -2.43. The van der Waals surface area contributed by atoms with Crippen molar-refractivity contribution in [3.05, 3.63) is 65.2 Å². The van der Waals surface area contributed by atoms with Crippen LogP contribution in [0, 0.1) is 12.8 Å². The third kappa shape index (κ3) is 2.11. The first-order valence-corrected chi connectivity index (χ1v) is 9.40. The van der Waals surface area contributed by atoms with Crippen molar-refractivity contribution in [1.82, 2.24) is 10.2 Å². The SMILES string of the molecule is Cc1ccc2c(c1)[C@H]1[C@H](CO2)[C@H](c2ccccc2)[C@]2(C)C(=O)NCC(=O)N12. The molecular formula is C22H22N2O3. The van der Waals surface area contributed by atoms with E-state index in [-0.39, 0.29) is 36.2 Å². The highest BCUT2D eigenvalue weighted by Crippen LogP contribution is 2.59. The lowest BCUT2D eigenvalue weighted by atomic mass is 9.73. The van der Waals surface area contributed by atoms with Crippen LogP contribution >= 0.6 is 0 Å². The van der Waals surface area contributed by atoms with Gasteiger partial charge in [-0.2, -0.15) is 0 Å². The molecule has 4 atom stereocenters. The quantitative estimate of drug-likeness (QED) is 0.848. The van der Waals surface area contributed by atoms with Crippen LogP contribution in [0.15, 0.2) is 48.5 Å². The van der Waals surface area contributed by atoms with Gasteiger partial charge in [0, 0.05) is 17.4 Å². The van der Waals surface area contributed by atoms with Crippen molar-refractivity contribution in [2.24, 2.45) is 5.92 Å². The number of hydrogen-bond acceptors (Lipinski definition) is 3. The normalized spacial score (nSPS) is 31.5. The summed E-state index contributed by atoms with van der Waals surface area (Å²) in [6.07, 6.45) is 0. The van der Waals surface area contributed by atoms with E-state index in [0.717, 1.165) is 22.4 Å². The van der Waals surface area contributed by atoms with Gasteiger partial charge in [-0.05, 0) is 25.5 Å². The van der Waals surface area contributed by atoms with E-state index in [1.165, 1.54) is 0 Å². The van der Waals surface area contributed by atoms with Gasteiger partial charge in [0.1, 0.15) is 11.3 Å². The second-order valence-corrected chi connectivity index (χ2v) is 7.94. The molecule has 2 amide bonds. The van der Waals surface area contributed by atoms with E-state index in [1.807, 2.05) is 49.1 Å². The first-order valence-electron chi connectivity index (χ1n) is 9.40. The highest BCUT2D eigenvalue weighted by atomic mass is 16.5. The number of amides is 2. The second kappa shape index (κ2) is 5.59. The number of nitrogens with zero attached hydrogens (tertiary/aromatic N) is 1. The van der Waals surface area contributed by atoms with Crippen LogP contribution < -0.4 is 10.1 Å². The zero-order valence-corrected chi connectivity index (χ0v) is 15.4. The highest BCUT2D eigenvalue weighted by molar-refractivity contribution is 5.99. The predicted molar refractivity (Wildman–Crippen MR) is 100 cm³/mol. The van der Waals surface area contributed by atoms with Crippen molar-refractivity contribution < 1.29 is 14.3 Å². The Morgan fingerprint density at radius 1 is 1.15 bits per heavy atom. The smallest absolute Gasteiger partial charge is 0.246 e. The minimum absolute atomic E-state index is 0.0273. The summed E-state index contributed by atoms with van der Waals surface area (Å²) < 4.78 is 6.10. The Morgan fingerprint density at radius 3 is 2.70 bits per heavy atom. The molecule has 0 saturated carbocycles. The van der Waals surface area contributed by atoms with Crippen LogP contribution in [0.1, 0.15) is 35.6 Å². The predicted octanol–water partition coefficient (Wildman–Crippen LogP) is 2.56. The van der Waals surface area contributed by atoms with Crippen molar-refractivity contribution in [2.45, 2.75) is 31.3 Å². The summed E-state index contributed by atoms with van der Waals surface area (Å²) in [6, 6.07) is 16.0. The molecule has 1 N–H and O–H groups in total. The third-order valence-electron chi connectivity index (χ3n) is 6.42. The molecule has 2 aromatic carbocycles. The Balaban J connectivity index is 1.75. The van der Waals surface area contributed by atoms with Gasteiger partial charge in [-0.15, -0.1) is 0 Å². The zero-order valence-electron chi connectivity index (χ0n) is 15.4. The van der Waals surface area contributed by atoms with Crippen LogP contribution in [0.4, 0.5) is 0 Å². The van der Waals surface area contributed by atoms with Gasteiger partial charge < -0.3 is 15.0 Å². The summed E-state index contributed by atoms with van der Waals surface area (Å²) in [7, 11) is 0. The fourth-order valence-corrected chi connectivity index (χ4v) is 5.32. The van der Waals surface area contributed by atoms with Gasteiger partial charge in [0.2, 0.25) is 11.8 Å². The van der Waals surface area contributed by atoms with Gasteiger partial charge >= 0.3 is 0 Å². The van der Waals surface area contributed by atoms with Crippen molar-refractivity contribution in [3.63, 3.8) is 0 Å². The van der Waals surface area contributed by atoms with Gasteiger partial charge in [-0.3, -0.25) is 9.59 Å². The monoisotopic (exact) mass is 362 g/mol. The minimum Gasteiger partial charge on any atom is -0.493 e. The average Bonchev–Trinajstić information content (AvgIpc) is 2.96. The average molecular weight is 362 g/mol. The fourth-order valence-electron chi connectivity index (χ4n) is 5.32. The Kier molecular flexibility index (Phi) is 3.39. The molecule has 2 aromatic rings. The lowest BCUT2D eigenvalue weighted by molar-refractivity contribution is -0.152. The molecule has 5 nitrogen and oxygen atoms in total. The number of nitrogens with one attached hydrogen (secondary N) is 1. The summed E-state index contributed by atoms with van der Waals surface area (Å²) in [4.78, 5) is 28.0. The number of carbonyl (C=O) groups is 2. The molecule has 3 heterocycles. The Bertz CT molecular complexity index is 942. The fraction of sp³-hybridized carbons (Fsp3) is 0.364. The van der Waals surface area contributed by atoms with Crippen LogP contribution in [-0.4, -0.2) is 35.4 Å². The van der Waals surface area contributed by atoms with E-state index in [9.17, 15) is 9.59 Å². The maximum atomic E-state index is 13.1. The summed E-state index contributed by atoms with van der Waals surface area (Å²) in [5.74, 6) is 0.609. The second-order valence-electron chi connectivity index (χ2n) is 7.94. The van der Waals surface area contributed by atoms with Crippen LogP contribution in [0.3, 0.4) is 0 Å². The molecule has 0 aliphatic carbocycles. The van der Waals surface area contributed by atoms with Gasteiger partial charge in [0.05, 0.1) is 19.2 Å². The van der Waals surface area contributed by atoms with Gasteiger partial charge in [0.15, 0.2) is 0 Å². The molecule has 0 aromatic heterocycles. The van der Waals surface area contributed by atoms with Gasteiger partial charge in [-0.25, -0.2) is 0 Å². The van der Waals surface area contributed by atoms with E-state index >= 15 is 0 Å². The Labute approximate surface area is 158 Å². The molecule has 0 radical (unpaired) electrons. The van der Waals surface area contributed by atoms with E-state index < -0.39 is 5.54 Å². The largest absolute Gasteiger partial charge is 0.493 e. The first-order chi connectivity index (χ1) is 13.0. The zero-order chi connectivity index (χ0) is 18.8. The number of hydrogen-bond donors (Lipinski definition) is 1. The molecule has 3 aliphatic rings. The van der Waals surface area contributed by atoms with Crippen LogP contribution in [0.25, 0.3) is 0 Å². The molecule has 2 saturated heterocycles. The summed E-state index contributed by atoms with van der Waals surface area (Å²) in [6.45, 7) is 4.50.